The van der Waals surface area contributed by atoms with E-state index in [0.29, 0.717) is 45.0 Å². The minimum atomic E-state index is 0.585. The van der Waals surface area contributed by atoms with Crippen LogP contribution in [0.15, 0.2) is 122 Å². The van der Waals surface area contributed by atoms with Gasteiger partial charge in [-0.2, -0.15) is 26.3 Å². The summed E-state index contributed by atoms with van der Waals surface area (Å²) >= 11 is 0. The zero-order valence-corrected chi connectivity index (χ0v) is 66.6. The minimum Gasteiger partial charge on any atom is -0.236 e. The van der Waals surface area contributed by atoms with E-state index in [-0.39, 0.29) is 0 Å². The van der Waals surface area contributed by atoms with E-state index < -0.39 is 0 Å². The van der Waals surface area contributed by atoms with E-state index in [4.69, 9.17) is 26.3 Å². The highest BCUT2D eigenvalue weighted by Crippen LogP contribution is 2.43. The highest BCUT2D eigenvalue weighted by atomic mass is 15.5. The molecule has 0 fully saturated rings. The first kappa shape index (κ1) is 73.1. The van der Waals surface area contributed by atoms with Crippen LogP contribution in [0, 0.1) is 194 Å². The molecule has 10 heterocycles. The molecular weight excluding hydrogens is 1410 g/mol. The number of hydrogen-bond acceptors (Lipinski definition) is 5. The fourth-order valence-electron chi connectivity index (χ4n) is 17.9. The van der Waals surface area contributed by atoms with Gasteiger partial charge in [0.25, 0.3) is 0 Å². The van der Waals surface area contributed by atoms with E-state index >= 15 is 0 Å². The van der Waals surface area contributed by atoms with Gasteiger partial charge in [-0.15, -0.1) is 46.8 Å². The van der Waals surface area contributed by atoms with Gasteiger partial charge in [-0.05, 0) is 224 Å². The lowest BCUT2D eigenvalue weighted by Gasteiger charge is -2.13. The molecule has 114 heavy (non-hydrogen) atoms. The summed E-state index contributed by atoms with van der Waals surface area (Å²) in [6.45, 7) is 68.3. The molecule has 0 spiro atoms. The van der Waals surface area contributed by atoms with Crippen LogP contribution in [0.3, 0.4) is 0 Å². The molecule has 0 saturated carbocycles. The van der Waals surface area contributed by atoms with Gasteiger partial charge in [-0.1, -0.05) is 66.7 Å². The van der Waals surface area contributed by atoms with E-state index in [1.165, 1.54) is 123 Å². The van der Waals surface area contributed by atoms with Crippen molar-refractivity contribution in [1.29, 1.82) is 26.3 Å². The number of aromatic nitrogens is 10. The summed E-state index contributed by atoms with van der Waals surface area (Å²) in [6, 6.07) is 40.1. The van der Waals surface area contributed by atoms with Crippen LogP contribution in [0.4, 0.5) is 22.7 Å². The zero-order chi connectivity index (χ0) is 80.8. The molecule has 0 N–H and O–H groups in total. The van der Waals surface area contributed by atoms with Crippen molar-refractivity contribution in [3.05, 3.63) is 312 Å². The molecule has 0 aliphatic carbocycles. The van der Waals surface area contributed by atoms with Gasteiger partial charge in [0, 0.05) is 11.1 Å². The quantitative estimate of drug-likeness (QED) is 0.108. The Morgan fingerprint density at radius 2 is 0.596 bits per heavy atom. The van der Waals surface area contributed by atoms with Crippen molar-refractivity contribution in [3.63, 3.8) is 0 Å². The Morgan fingerprint density at radius 3 is 1.08 bits per heavy atom. The Labute approximate surface area is 661 Å². The van der Waals surface area contributed by atoms with Crippen molar-refractivity contribution in [2.24, 2.45) is 0 Å². The van der Waals surface area contributed by atoms with Crippen molar-refractivity contribution in [3.8, 4) is 58.8 Å². The second kappa shape index (κ2) is 27.2. The Kier molecular flexibility index (Phi) is 17.5. The summed E-state index contributed by atoms with van der Waals surface area (Å²) in [7, 11) is 0. The summed E-state index contributed by atoms with van der Waals surface area (Å²) in [4.78, 5) is 14.7. The Balaban J connectivity index is 0.000000107. The summed E-state index contributed by atoms with van der Waals surface area (Å²) in [5.74, 6) is 0. The highest BCUT2D eigenvalue weighted by molar-refractivity contribution is 5.99. The van der Waals surface area contributed by atoms with Crippen molar-refractivity contribution in [1.82, 2.24) is 23.4 Å². The van der Waals surface area contributed by atoms with E-state index in [2.05, 4.69) is 250 Å². The molecule has 5 aliphatic rings. The van der Waals surface area contributed by atoms with Gasteiger partial charge in [0.15, 0.2) is 32.7 Å². The van der Waals surface area contributed by atoms with E-state index in [1.807, 2.05) is 30.9 Å². The number of fused-ring (bicyclic) bond motifs is 25. The Bertz CT molecular complexity index is 7380. The molecule has 0 bridgehead atoms. The molecule has 0 saturated heterocycles. The molecule has 0 amide bonds. The third-order valence-electron chi connectivity index (χ3n) is 24.9. The van der Waals surface area contributed by atoms with Crippen molar-refractivity contribution < 1.29 is 23.4 Å². The van der Waals surface area contributed by atoms with Gasteiger partial charge in [-0.3, -0.25) is 0 Å². The van der Waals surface area contributed by atoms with Crippen LogP contribution in [0.2, 0.25) is 0 Å². The maximum Gasteiger partial charge on any atom is 0.217 e. The topological polar surface area (TPSA) is 180 Å². The van der Waals surface area contributed by atoms with Gasteiger partial charge in [-0.25, -0.2) is 19.4 Å². The number of nitriles is 5. The normalized spacial score (nSPS) is 12.0. The van der Waals surface area contributed by atoms with Crippen LogP contribution < -0.4 is 23.4 Å². The van der Waals surface area contributed by atoms with Gasteiger partial charge in [0.1, 0.15) is 62.1 Å². The first-order valence-electron chi connectivity index (χ1n) is 37.7. The predicted octanol–water partition coefficient (Wildman–Crippen LogP) is 17.9. The van der Waals surface area contributed by atoms with Gasteiger partial charge in [0.05, 0.1) is 122 Å². The summed E-state index contributed by atoms with van der Waals surface area (Å²) in [5.41, 5.74) is 43.1. The number of aryl methyl sites for hydroxylation is 6. The largest absolute Gasteiger partial charge is 0.236 e. The molecule has 19 heteroatoms. The first-order chi connectivity index (χ1) is 54.8. The standard InChI is InChI=1S/C20H20N3.3C19H15N4.C18H13N4/c1-11-6-7-16(8-21)18-10-22-9-17-14(4)12(2)13(3)15(5)20(17)23(22)19(11)18;1-11-7-18-15(13(3)12(11)2)9-22-10-16-14(8-20)5-6-17(21-4)19(16)23(18)22;1-11-7-15-9-22-10-16-14(8-20)5-6-17(21-4)19(16)23(22)18(15)13(3)12(11)2;1-11-7-12(2)15-9-22-10-16-14(8-20)5-6-17(21-4)19(16)23(22)18(15)13(11)3;1-11-4-5-14-9-21-10-15-13(8-19)6-7-16(20-3)18(15)22(21)17(14)12(11)2/h6-7,10H,9H2,1-5H3;3*5-7,10H,9H2,1-3H3;4-7,10H,9H2,1-2H3/q5*+1. The molecule has 0 radical (unpaired) electrons. The number of rotatable bonds is 0. The van der Waals surface area contributed by atoms with Crippen LogP contribution in [-0.4, -0.2) is 23.4 Å². The molecule has 10 aromatic carbocycles. The second-order valence-electron chi connectivity index (χ2n) is 30.7. The number of benzene rings is 10. The summed E-state index contributed by atoms with van der Waals surface area (Å²) in [6.07, 6.45) is 10.1. The number of hydrogen-bond donors (Lipinski definition) is 0. The monoisotopic (exact) mass is 1480 g/mol. The van der Waals surface area contributed by atoms with Gasteiger partial charge in [0.2, 0.25) is 53.7 Å². The van der Waals surface area contributed by atoms with Crippen LogP contribution in [0.25, 0.3) is 102 Å². The van der Waals surface area contributed by atoms with E-state index in [0.717, 1.165) is 116 Å². The Hall–Kier alpha value is -15.0. The maximum absolute atomic E-state index is 9.42. The molecule has 0 unspecified atom stereocenters. The molecule has 15 aromatic rings. The van der Waals surface area contributed by atoms with Crippen molar-refractivity contribution in [2.45, 2.75) is 144 Å². The third kappa shape index (κ3) is 10.7. The predicted molar refractivity (Wildman–Crippen MR) is 437 cm³/mol. The smallest absolute Gasteiger partial charge is 0.217 e. The Morgan fingerprint density at radius 1 is 0.272 bits per heavy atom. The third-order valence-corrected chi connectivity index (χ3v) is 24.9. The average Bonchev–Trinajstić information content (AvgIpc) is 1.58. The number of nitrogens with zero attached hydrogens (tertiary/aromatic N) is 19. The summed E-state index contributed by atoms with van der Waals surface area (Å²) in [5, 5.41) is 51.3. The maximum atomic E-state index is 9.42. The molecular formula is C95H78N19+5. The van der Waals surface area contributed by atoms with Crippen LogP contribution in [-0.2, 0) is 32.7 Å². The second-order valence-corrected chi connectivity index (χ2v) is 30.7. The zero-order valence-electron chi connectivity index (χ0n) is 66.6. The van der Waals surface area contributed by atoms with Crippen LogP contribution in [0.5, 0.6) is 0 Å². The van der Waals surface area contributed by atoms with Crippen LogP contribution in [0.1, 0.15) is 145 Å². The highest BCUT2D eigenvalue weighted by Gasteiger charge is 2.39. The van der Waals surface area contributed by atoms with E-state index in [9.17, 15) is 26.3 Å². The molecule has 19 nitrogen and oxygen atoms in total. The molecule has 5 aliphatic heterocycles. The van der Waals surface area contributed by atoms with Gasteiger partial charge < -0.3 is 0 Å². The minimum absolute atomic E-state index is 0.585. The lowest BCUT2D eigenvalue weighted by atomic mass is 9.92. The van der Waals surface area contributed by atoms with Gasteiger partial charge >= 0.3 is 0 Å². The SMILES string of the molecule is Cc1c(C)c(C)c2c(c1C)C[n+]1cc3c(C#N)ccc(C)c3n1-2.[C-]#[N+]c1ccc(C#N)c2c[n+]3n(c12)-c1c(C)c(C)cc(C)c1C3.[C-]#[N+]c1ccc(C#N)c2c[n+]3n(c12)-c1c(cc(C)c(C)c1C)C3.[C-]#[N+]c1ccc(C#N)c2c[n+]3n(c12)-c1c(ccc(C)c1C)C3.[C-]#[N+]c1ccc(C#N)c2c[n+]3n(c12)-c1cc(C)c(C)c(C)c1C3. The summed E-state index contributed by atoms with van der Waals surface area (Å²) < 4.78 is 21.4. The molecule has 5 aromatic heterocycles. The van der Waals surface area contributed by atoms with E-state index in [1.54, 1.807) is 48.5 Å². The van der Waals surface area contributed by atoms with Crippen molar-refractivity contribution >= 4 is 77.3 Å². The lowest BCUT2D eigenvalue weighted by molar-refractivity contribution is -0.749. The molecule has 0 atom stereocenters. The fraction of sp³-hybridized carbons (Fsp3) is 0.221. The van der Waals surface area contributed by atoms with Crippen molar-refractivity contribution in [2.75, 3.05) is 0 Å². The fourth-order valence-corrected chi connectivity index (χ4v) is 17.9. The molecule has 20 rings (SSSR count). The first-order valence-corrected chi connectivity index (χ1v) is 37.7. The average molecular weight is 1490 g/mol. The molecule has 548 valence electrons. The lowest BCUT2D eigenvalue weighted by Crippen LogP contribution is -2.36. The van der Waals surface area contributed by atoms with Crippen LogP contribution >= 0.6 is 0 Å².